The van der Waals surface area contributed by atoms with Crippen molar-refractivity contribution in [1.82, 2.24) is 15.1 Å². The molecule has 0 radical (unpaired) electrons. The van der Waals surface area contributed by atoms with Gasteiger partial charge in [-0.25, -0.2) is 0 Å². The quantitative estimate of drug-likeness (QED) is 0.781. The number of hydrogen-bond donors (Lipinski definition) is 1. The van der Waals surface area contributed by atoms with Crippen molar-refractivity contribution in [2.75, 3.05) is 39.3 Å². The third kappa shape index (κ3) is 2.67. The lowest BCUT2D eigenvalue weighted by Crippen LogP contribution is -2.55. The van der Waals surface area contributed by atoms with Crippen LogP contribution in [0.1, 0.15) is 38.5 Å². The highest BCUT2D eigenvalue weighted by molar-refractivity contribution is 4.93. The van der Waals surface area contributed by atoms with Gasteiger partial charge in [0, 0.05) is 38.3 Å². The molecule has 98 valence electrons. The predicted octanol–water partition coefficient (Wildman–Crippen LogP) is 1.30. The topological polar surface area (TPSA) is 18.5 Å². The van der Waals surface area contributed by atoms with Crippen molar-refractivity contribution in [3.05, 3.63) is 0 Å². The fourth-order valence-corrected chi connectivity index (χ4v) is 4.04. The molecule has 2 aliphatic heterocycles. The van der Waals surface area contributed by atoms with Gasteiger partial charge in [0.15, 0.2) is 0 Å². The highest BCUT2D eigenvalue weighted by Crippen LogP contribution is 2.30. The molecule has 0 amide bonds. The Hall–Kier alpha value is -0.120. The van der Waals surface area contributed by atoms with Crippen molar-refractivity contribution in [3.8, 4) is 0 Å². The van der Waals surface area contributed by atoms with E-state index in [1.165, 1.54) is 77.8 Å². The van der Waals surface area contributed by atoms with Gasteiger partial charge in [-0.1, -0.05) is 12.8 Å². The van der Waals surface area contributed by atoms with Gasteiger partial charge in [-0.05, 0) is 38.8 Å². The van der Waals surface area contributed by atoms with Crippen molar-refractivity contribution in [2.45, 2.75) is 50.6 Å². The Balaban J connectivity index is 1.61. The molecule has 3 nitrogen and oxygen atoms in total. The van der Waals surface area contributed by atoms with Crippen molar-refractivity contribution < 1.29 is 0 Å². The van der Waals surface area contributed by atoms with Crippen LogP contribution in [0.25, 0.3) is 0 Å². The standard InChI is InChI=1S/C14H27N3/c1-2-9-16(10-3-1)13-5-4-6-14(13)17-11-7-15-8-12-17/h13-15H,1-12H2. The summed E-state index contributed by atoms with van der Waals surface area (Å²) in [6.45, 7) is 7.68. The summed E-state index contributed by atoms with van der Waals surface area (Å²) in [5.41, 5.74) is 0. The van der Waals surface area contributed by atoms with E-state index < -0.39 is 0 Å². The summed E-state index contributed by atoms with van der Waals surface area (Å²) in [5, 5.41) is 3.48. The van der Waals surface area contributed by atoms with Gasteiger partial charge in [0.05, 0.1) is 0 Å². The van der Waals surface area contributed by atoms with Gasteiger partial charge < -0.3 is 5.32 Å². The van der Waals surface area contributed by atoms with Crippen LogP contribution in [0.3, 0.4) is 0 Å². The van der Waals surface area contributed by atoms with Gasteiger partial charge in [0.1, 0.15) is 0 Å². The number of nitrogens with one attached hydrogen (secondary N) is 1. The first-order chi connectivity index (χ1) is 8.45. The Morgan fingerprint density at radius 1 is 0.647 bits per heavy atom. The van der Waals surface area contributed by atoms with Crippen LogP contribution in [0.5, 0.6) is 0 Å². The molecule has 0 aromatic carbocycles. The van der Waals surface area contributed by atoms with Crippen LogP contribution in [0.2, 0.25) is 0 Å². The first-order valence-corrected chi connectivity index (χ1v) is 7.64. The van der Waals surface area contributed by atoms with Crippen LogP contribution in [-0.2, 0) is 0 Å². The number of nitrogens with zero attached hydrogens (tertiary/aromatic N) is 2. The zero-order valence-corrected chi connectivity index (χ0v) is 11.0. The van der Waals surface area contributed by atoms with Crippen molar-refractivity contribution in [2.24, 2.45) is 0 Å². The van der Waals surface area contributed by atoms with Gasteiger partial charge in [-0.3, -0.25) is 9.80 Å². The Kier molecular flexibility index (Phi) is 3.99. The molecule has 3 heteroatoms. The van der Waals surface area contributed by atoms with E-state index in [1.807, 2.05) is 0 Å². The molecular formula is C14H27N3. The molecule has 3 fully saturated rings. The number of hydrogen-bond acceptors (Lipinski definition) is 3. The average Bonchev–Trinajstić information content (AvgIpc) is 2.90. The van der Waals surface area contributed by atoms with E-state index >= 15 is 0 Å². The highest BCUT2D eigenvalue weighted by atomic mass is 15.3. The van der Waals surface area contributed by atoms with Crippen LogP contribution in [0, 0.1) is 0 Å². The van der Waals surface area contributed by atoms with E-state index in [4.69, 9.17) is 0 Å². The maximum atomic E-state index is 3.48. The van der Waals surface area contributed by atoms with Gasteiger partial charge >= 0.3 is 0 Å². The van der Waals surface area contributed by atoms with Gasteiger partial charge in [-0.2, -0.15) is 0 Å². The second kappa shape index (κ2) is 5.68. The molecule has 2 saturated heterocycles. The summed E-state index contributed by atoms with van der Waals surface area (Å²) < 4.78 is 0. The summed E-state index contributed by atoms with van der Waals surface area (Å²) in [5.74, 6) is 0. The minimum Gasteiger partial charge on any atom is -0.314 e. The Labute approximate surface area is 106 Å². The van der Waals surface area contributed by atoms with E-state index in [2.05, 4.69) is 15.1 Å². The van der Waals surface area contributed by atoms with Crippen LogP contribution >= 0.6 is 0 Å². The van der Waals surface area contributed by atoms with E-state index in [9.17, 15) is 0 Å². The highest BCUT2D eigenvalue weighted by Gasteiger charge is 2.36. The van der Waals surface area contributed by atoms with Gasteiger partial charge in [-0.15, -0.1) is 0 Å². The maximum Gasteiger partial charge on any atom is 0.0252 e. The SMILES string of the molecule is C1CCN(C2CCCC2N2CCNCC2)CC1. The maximum absolute atomic E-state index is 3.48. The summed E-state index contributed by atoms with van der Waals surface area (Å²) >= 11 is 0. The monoisotopic (exact) mass is 237 g/mol. The van der Waals surface area contributed by atoms with Gasteiger partial charge in [0.2, 0.25) is 0 Å². The van der Waals surface area contributed by atoms with E-state index in [1.54, 1.807) is 0 Å². The molecule has 2 heterocycles. The third-order valence-corrected chi connectivity index (χ3v) is 4.92. The molecule has 1 N–H and O–H groups in total. The number of rotatable bonds is 2. The van der Waals surface area contributed by atoms with Crippen LogP contribution < -0.4 is 5.32 Å². The first-order valence-electron chi connectivity index (χ1n) is 7.64. The van der Waals surface area contributed by atoms with Crippen LogP contribution in [0.15, 0.2) is 0 Å². The average molecular weight is 237 g/mol. The lowest BCUT2D eigenvalue weighted by atomic mass is 10.0. The summed E-state index contributed by atoms with van der Waals surface area (Å²) in [7, 11) is 0. The number of piperazine rings is 1. The lowest BCUT2D eigenvalue weighted by molar-refractivity contribution is 0.0749. The second-order valence-electron chi connectivity index (χ2n) is 5.95. The lowest BCUT2D eigenvalue weighted by Gasteiger charge is -2.41. The van der Waals surface area contributed by atoms with Gasteiger partial charge in [0.25, 0.3) is 0 Å². The van der Waals surface area contributed by atoms with Crippen molar-refractivity contribution >= 4 is 0 Å². The summed E-state index contributed by atoms with van der Waals surface area (Å²) in [6, 6.07) is 1.75. The van der Waals surface area contributed by atoms with Crippen LogP contribution in [-0.4, -0.2) is 61.2 Å². The van der Waals surface area contributed by atoms with Crippen molar-refractivity contribution in [3.63, 3.8) is 0 Å². The molecule has 0 aromatic heterocycles. The number of likely N-dealkylation sites (tertiary alicyclic amines) is 1. The first kappa shape index (κ1) is 11.9. The molecular weight excluding hydrogens is 210 g/mol. The smallest absolute Gasteiger partial charge is 0.0252 e. The predicted molar refractivity (Wildman–Crippen MR) is 71.3 cm³/mol. The summed E-state index contributed by atoms with van der Waals surface area (Å²) in [4.78, 5) is 5.58. The second-order valence-corrected chi connectivity index (χ2v) is 5.95. The molecule has 1 aliphatic carbocycles. The van der Waals surface area contributed by atoms with E-state index in [0.29, 0.717) is 0 Å². The molecule has 0 bridgehead atoms. The van der Waals surface area contributed by atoms with E-state index in [0.717, 1.165) is 12.1 Å². The molecule has 0 spiro atoms. The molecule has 2 atom stereocenters. The van der Waals surface area contributed by atoms with Crippen molar-refractivity contribution in [1.29, 1.82) is 0 Å². The number of piperidine rings is 1. The third-order valence-electron chi connectivity index (χ3n) is 4.92. The normalized spacial score (nSPS) is 37.4. The molecule has 17 heavy (non-hydrogen) atoms. The zero-order valence-electron chi connectivity index (χ0n) is 11.0. The Bertz CT molecular complexity index is 208. The zero-order chi connectivity index (χ0) is 11.5. The molecule has 2 unspecified atom stereocenters. The molecule has 0 aromatic rings. The van der Waals surface area contributed by atoms with E-state index in [-0.39, 0.29) is 0 Å². The summed E-state index contributed by atoms with van der Waals surface area (Å²) in [6.07, 6.45) is 8.68. The fourth-order valence-electron chi connectivity index (χ4n) is 4.04. The Morgan fingerprint density at radius 3 is 1.88 bits per heavy atom. The molecule has 1 saturated carbocycles. The minimum atomic E-state index is 0.871. The molecule has 3 rings (SSSR count). The minimum absolute atomic E-state index is 0.871. The van der Waals surface area contributed by atoms with Crippen LogP contribution in [0.4, 0.5) is 0 Å². The largest absolute Gasteiger partial charge is 0.314 e. The fraction of sp³-hybridized carbons (Fsp3) is 1.00. The Morgan fingerprint density at radius 2 is 1.24 bits per heavy atom. The molecule has 3 aliphatic rings.